The van der Waals surface area contributed by atoms with Gasteiger partial charge in [0.15, 0.2) is 4.67 Å². The Bertz CT molecular complexity index is 378. The van der Waals surface area contributed by atoms with Gasteiger partial charge in [0.1, 0.15) is 5.76 Å². The summed E-state index contributed by atoms with van der Waals surface area (Å²) in [4.78, 5) is 2.34. The van der Waals surface area contributed by atoms with E-state index in [2.05, 4.69) is 43.7 Å². The molecule has 0 bridgehead atoms. The molecule has 2 atom stereocenters. The molecule has 0 aromatic carbocycles. The lowest BCUT2D eigenvalue weighted by Crippen LogP contribution is -2.37. The van der Waals surface area contributed by atoms with Crippen molar-refractivity contribution in [1.29, 1.82) is 0 Å². The summed E-state index contributed by atoms with van der Waals surface area (Å²) < 4.78 is 13.0. The van der Waals surface area contributed by atoms with Crippen LogP contribution in [0, 0.1) is 0 Å². The standard InChI is InChI=1S/C12H18Br2N2O2/c1-8-7-16(3-2-4-17-8)10(6-15)11-5-9(13)12(14)18-11/h5,8,10H,2-4,6-7,15H2,1H3. The first-order valence-electron chi connectivity index (χ1n) is 6.12. The maximum absolute atomic E-state index is 5.92. The molecule has 0 amide bonds. The van der Waals surface area contributed by atoms with Gasteiger partial charge in [-0.1, -0.05) is 0 Å². The molecule has 0 spiro atoms. The summed E-state index contributed by atoms with van der Waals surface area (Å²) in [6.45, 7) is 5.33. The van der Waals surface area contributed by atoms with Crippen LogP contribution in [0.4, 0.5) is 0 Å². The molecule has 0 aliphatic carbocycles. The van der Waals surface area contributed by atoms with E-state index in [1.807, 2.05) is 6.07 Å². The van der Waals surface area contributed by atoms with Gasteiger partial charge >= 0.3 is 0 Å². The minimum absolute atomic E-state index is 0.108. The number of ether oxygens (including phenoxy) is 1. The van der Waals surface area contributed by atoms with Gasteiger partial charge in [-0.2, -0.15) is 0 Å². The fourth-order valence-corrected chi connectivity index (χ4v) is 2.89. The second-order valence-corrected chi connectivity index (χ2v) is 6.13. The lowest BCUT2D eigenvalue weighted by Gasteiger charge is -2.29. The molecule has 102 valence electrons. The maximum atomic E-state index is 5.92. The highest BCUT2D eigenvalue weighted by Crippen LogP contribution is 2.32. The zero-order valence-corrected chi connectivity index (χ0v) is 13.5. The van der Waals surface area contributed by atoms with Crippen molar-refractivity contribution in [2.24, 2.45) is 5.73 Å². The average molecular weight is 382 g/mol. The fraction of sp³-hybridized carbons (Fsp3) is 0.667. The van der Waals surface area contributed by atoms with E-state index in [9.17, 15) is 0 Å². The number of halogens is 2. The molecule has 1 fully saturated rings. The highest BCUT2D eigenvalue weighted by atomic mass is 79.9. The molecule has 18 heavy (non-hydrogen) atoms. The molecular weight excluding hydrogens is 364 g/mol. The Kier molecular flexibility index (Phi) is 5.26. The summed E-state index contributed by atoms with van der Waals surface area (Å²) >= 11 is 6.81. The minimum Gasteiger partial charge on any atom is -0.451 e. The molecule has 2 heterocycles. The first-order valence-corrected chi connectivity index (χ1v) is 7.71. The lowest BCUT2D eigenvalue weighted by atomic mass is 10.1. The first-order chi connectivity index (χ1) is 8.61. The SMILES string of the molecule is CC1CN(C(CN)c2cc(Br)c(Br)o2)CCCO1. The van der Waals surface area contributed by atoms with E-state index in [0.717, 1.165) is 41.0 Å². The van der Waals surface area contributed by atoms with Gasteiger partial charge in [0.25, 0.3) is 0 Å². The Hall–Kier alpha value is 0.120. The van der Waals surface area contributed by atoms with Gasteiger partial charge in [-0.05, 0) is 51.3 Å². The van der Waals surface area contributed by atoms with Crippen molar-refractivity contribution in [1.82, 2.24) is 4.90 Å². The fourth-order valence-electron chi connectivity index (χ4n) is 2.28. The van der Waals surface area contributed by atoms with Crippen molar-refractivity contribution in [3.63, 3.8) is 0 Å². The molecule has 0 saturated carbocycles. The van der Waals surface area contributed by atoms with Crippen LogP contribution in [-0.4, -0.2) is 37.2 Å². The van der Waals surface area contributed by atoms with E-state index in [1.165, 1.54) is 0 Å². The van der Waals surface area contributed by atoms with Crippen LogP contribution in [-0.2, 0) is 4.74 Å². The molecule has 2 unspecified atom stereocenters. The van der Waals surface area contributed by atoms with Crippen LogP contribution in [0.2, 0.25) is 0 Å². The van der Waals surface area contributed by atoms with Gasteiger partial charge in [-0.25, -0.2) is 0 Å². The van der Waals surface area contributed by atoms with Crippen molar-refractivity contribution >= 4 is 31.9 Å². The summed E-state index contributed by atoms with van der Waals surface area (Å²) in [5, 5.41) is 0. The number of nitrogens with zero attached hydrogens (tertiary/aromatic N) is 1. The lowest BCUT2D eigenvalue weighted by molar-refractivity contribution is 0.0590. The zero-order valence-electron chi connectivity index (χ0n) is 10.4. The number of furan rings is 1. The van der Waals surface area contributed by atoms with Gasteiger partial charge in [0.2, 0.25) is 0 Å². The van der Waals surface area contributed by atoms with Crippen LogP contribution in [0.1, 0.15) is 25.1 Å². The molecule has 0 radical (unpaired) electrons. The molecule has 1 saturated heterocycles. The van der Waals surface area contributed by atoms with Crippen molar-refractivity contribution in [2.45, 2.75) is 25.5 Å². The zero-order chi connectivity index (χ0) is 13.1. The van der Waals surface area contributed by atoms with Crippen molar-refractivity contribution < 1.29 is 9.15 Å². The average Bonchev–Trinajstić information content (AvgIpc) is 2.53. The number of rotatable bonds is 3. The van der Waals surface area contributed by atoms with Gasteiger partial charge in [0.05, 0.1) is 16.6 Å². The Labute approximate surface area is 124 Å². The summed E-state index contributed by atoms with van der Waals surface area (Å²) in [6.07, 6.45) is 1.27. The van der Waals surface area contributed by atoms with Crippen LogP contribution in [0.5, 0.6) is 0 Å². The third-order valence-electron chi connectivity index (χ3n) is 3.14. The number of nitrogens with two attached hydrogens (primary N) is 1. The van der Waals surface area contributed by atoms with Gasteiger partial charge < -0.3 is 14.9 Å². The van der Waals surface area contributed by atoms with Gasteiger partial charge in [-0.15, -0.1) is 0 Å². The molecule has 2 N–H and O–H groups in total. The number of hydrogen-bond donors (Lipinski definition) is 1. The molecule has 1 aliphatic rings. The second kappa shape index (κ2) is 6.52. The Balaban J connectivity index is 2.16. The van der Waals surface area contributed by atoms with E-state index in [1.54, 1.807) is 0 Å². The number of hydrogen-bond acceptors (Lipinski definition) is 4. The molecule has 1 aliphatic heterocycles. The maximum Gasteiger partial charge on any atom is 0.183 e. The van der Waals surface area contributed by atoms with Crippen LogP contribution in [0.3, 0.4) is 0 Å². The normalized spacial score (nSPS) is 23.9. The molecule has 1 aromatic heterocycles. The van der Waals surface area contributed by atoms with E-state index < -0.39 is 0 Å². The predicted octanol–water partition coefficient (Wildman–Crippen LogP) is 2.92. The van der Waals surface area contributed by atoms with Crippen LogP contribution in [0.25, 0.3) is 0 Å². The van der Waals surface area contributed by atoms with E-state index in [0.29, 0.717) is 6.54 Å². The van der Waals surface area contributed by atoms with E-state index in [4.69, 9.17) is 14.9 Å². The Morgan fingerprint density at radius 2 is 2.33 bits per heavy atom. The summed E-state index contributed by atoms with van der Waals surface area (Å²) in [5.74, 6) is 0.894. The summed E-state index contributed by atoms with van der Waals surface area (Å²) in [6, 6.07) is 2.09. The topological polar surface area (TPSA) is 51.6 Å². The minimum atomic E-state index is 0.108. The molecule has 6 heteroatoms. The second-order valence-electron chi connectivity index (χ2n) is 4.55. The summed E-state index contributed by atoms with van der Waals surface area (Å²) in [5.41, 5.74) is 5.92. The van der Waals surface area contributed by atoms with Crippen molar-refractivity contribution in [2.75, 3.05) is 26.2 Å². The van der Waals surface area contributed by atoms with Crippen molar-refractivity contribution in [3.05, 3.63) is 21.0 Å². The highest BCUT2D eigenvalue weighted by Gasteiger charge is 2.26. The smallest absolute Gasteiger partial charge is 0.183 e. The Morgan fingerprint density at radius 1 is 1.56 bits per heavy atom. The molecular formula is C12H18Br2N2O2. The molecule has 1 aromatic rings. The van der Waals surface area contributed by atoms with Gasteiger partial charge in [-0.3, -0.25) is 4.90 Å². The van der Waals surface area contributed by atoms with E-state index in [-0.39, 0.29) is 12.1 Å². The summed E-state index contributed by atoms with van der Waals surface area (Å²) in [7, 11) is 0. The van der Waals surface area contributed by atoms with Crippen LogP contribution in [0.15, 0.2) is 19.6 Å². The molecule has 2 rings (SSSR count). The third-order valence-corrected chi connectivity index (χ3v) is 4.85. The van der Waals surface area contributed by atoms with Crippen LogP contribution >= 0.6 is 31.9 Å². The predicted molar refractivity (Wildman–Crippen MR) is 77.5 cm³/mol. The highest BCUT2D eigenvalue weighted by molar-refractivity contribution is 9.13. The van der Waals surface area contributed by atoms with Crippen LogP contribution < -0.4 is 5.73 Å². The largest absolute Gasteiger partial charge is 0.451 e. The quantitative estimate of drug-likeness (QED) is 0.874. The van der Waals surface area contributed by atoms with Gasteiger partial charge in [0, 0.05) is 26.2 Å². The Morgan fingerprint density at radius 3 is 2.94 bits per heavy atom. The monoisotopic (exact) mass is 380 g/mol. The first kappa shape index (κ1) is 14.5. The van der Waals surface area contributed by atoms with E-state index >= 15 is 0 Å². The molecule has 4 nitrogen and oxygen atoms in total. The van der Waals surface area contributed by atoms with Crippen molar-refractivity contribution in [3.8, 4) is 0 Å². The third kappa shape index (κ3) is 3.36.